The van der Waals surface area contributed by atoms with Crippen LogP contribution in [0, 0.1) is 6.92 Å². The third-order valence-corrected chi connectivity index (χ3v) is 6.75. The molecule has 2 amide bonds. The SMILES string of the molecule is COc1ccccc1NC(=O)NCc1nnc(SCc2ccccc2C)n1-c1ccc(Cl)cc1Cl. The molecule has 0 aliphatic heterocycles. The molecule has 0 fully saturated rings. The predicted octanol–water partition coefficient (Wildman–Crippen LogP) is 6.51. The number of para-hydroxylation sites is 2. The molecule has 0 atom stereocenters. The molecule has 0 aliphatic carbocycles. The Morgan fingerprint density at radius 1 is 1.06 bits per heavy atom. The molecule has 0 unspecified atom stereocenters. The van der Waals surface area contributed by atoms with Gasteiger partial charge in [-0.05, 0) is 48.4 Å². The first-order valence-corrected chi connectivity index (χ1v) is 12.5. The van der Waals surface area contributed by atoms with Crippen molar-refractivity contribution < 1.29 is 9.53 Å². The van der Waals surface area contributed by atoms with Crippen molar-refractivity contribution in [3.05, 3.63) is 93.7 Å². The van der Waals surface area contributed by atoms with Crippen LogP contribution in [0.25, 0.3) is 5.69 Å². The van der Waals surface area contributed by atoms with Gasteiger partial charge in [0.2, 0.25) is 0 Å². The molecule has 35 heavy (non-hydrogen) atoms. The fourth-order valence-corrected chi connectivity index (χ4v) is 4.93. The van der Waals surface area contributed by atoms with E-state index in [0.29, 0.717) is 43.9 Å². The third-order valence-electron chi connectivity index (χ3n) is 5.23. The molecule has 3 aromatic carbocycles. The van der Waals surface area contributed by atoms with E-state index in [-0.39, 0.29) is 6.54 Å². The average molecular weight is 528 g/mol. The van der Waals surface area contributed by atoms with Crippen LogP contribution in [0.4, 0.5) is 10.5 Å². The second kappa shape index (κ2) is 11.5. The molecule has 0 saturated carbocycles. The van der Waals surface area contributed by atoms with E-state index >= 15 is 0 Å². The maximum Gasteiger partial charge on any atom is 0.319 e. The number of aromatic nitrogens is 3. The lowest BCUT2D eigenvalue weighted by atomic mass is 10.1. The number of benzene rings is 3. The van der Waals surface area contributed by atoms with Crippen LogP contribution in [0.15, 0.2) is 71.9 Å². The van der Waals surface area contributed by atoms with Crippen molar-refractivity contribution in [1.29, 1.82) is 0 Å². The highest BCUT2D eigenvalue weighted by molar-refractivity contribution is 7.98. The summed E-state index contributed by atoms with van der Waals surface area (Å²) in [6, 6.07) is 20.2. The van der Waals surface area contributed by atoms with Crippen LogP contribution in [0.1, 0.15) is 17.0 Å². The number of amides is 2. The number of thioether (sulfide) groups is 1. The summed E-state index contributed by atoms with van der Waals surface area (Å²) >= 11 is 14.2. The number of methoxy groups -OCH3 is 1. The minimum Gasteiger partial charge on any atom is -0.495 e. The van der Waals surface area contributed by atoms with E-state index in [1.807, 2.05) is 34.9 Å². The monoisotopic (exact) mass is 527 g/mol. The van der Waals surface area contributed by atoms with E-state index in [4.69, 9.17) is 27.9 Å². The number of hydrogen-bond donors (Lipinski definition) is 2. The molecule has 4 aromatic rings. The molecule has 0 saturated heterocycles. The van der Waals surface area contributed by atoms with Crippen LogP contribution < -0.4 is 15.4 Å². The fraction of sp³-hybridized carbons (Fsp3) is 0.160. The number of carbonyl (C=O) groups excluding carboxylic acids is 1. The number of aryl methyl sites for hydroxylation is 1. The first kappa shape index (κ1) is 24.9. The molecule has 0 spiro atoms. The zero-order valence-corrected chi connectivity index (χ0v) is 21.4. The van der Waals surface area contributed by atoms with Gasteiger partial charge >= 0.3 is 6.03 Å². The summed E-state index contributed by atoms with van der Waals surface area (Å²) in [6.07, 6.45) is 0. The van der Waals surface area contributed by atoms with Gasteiger partial charge in [0.05, 0.1) is 30.1 Å². The fourth-order valence-electron chi connectivity index (χ4n) is 3.40. The number of nitrogens with zero attached hydrogens (tertiary/aromatic N) is 3. The highest BCUT2D eigenvalue weighted by Gasteiger charge is 2.18. The van der Waals surface area contributed by atoms with Crippen molar-refractivity contribution in [3.8, 4) is 11.4 Å². The summed E-state index contributed by atoms with van der Waals surface area (Å²) in [4.78, 5) is 12.6. The molecule has 1 heterocycles. The Bertz CT molecular complexity index is 1350. The molecule has 10 heteroatoms. The van der Waals surface area contributed by atoms with Crippen LogP contribution in [0.5, 0.6) is 5.75 Å². The summed E-state index contributed by atoms with van der Waals surface area (Å²) in [5.41, 5.74) is 3.63. The Morgan fingerprint density at radius 2 is 1.83 bits per heavy atom. The van der Waals surface area contributed by atoms with Crippen molar-refractivity contribution in [2.45, 2.75) is 24.4 Å². The van der Waals surface area contributed by atoms with Gasteiger partial charge in [-0.3, -0.25) is 4.57 Å². The largest absolute Gasteiger partial charge is 0.495 e. The second-order valence-corrected chi connectivity index (χ2v) is 9.34. The number of ether oxygens (including phenoxy) is 1. The van der Waals surface area contributed by atoms with Gasteiger partial charge in [-0.1, -0.05) is 71.4 Å². The molecule has 1 aromatic heterocycles. The lowest BCUT2D eigenvalue weighted by molar-refractivity contribution is 0.251. The minimum atomic E-state index is -0.402. The number of anilines is 1. The molecule has 2 N–H and O–H groups in total. The Kier molecular flexibility index (Phi) is 8.17. The van der Waals surface area contributed by atoms with Gasteiger partial charge in [0, 0.05) is 10.8 Å². The number of nitrogens with one attached hydrogen (secondary N) is 2. The molecule has 180 valence electrons. The maximum atomic E-state index is 12.6. The van der Waals surface area contributed by atoms with Crippen molar-refractivity contribution in [3.63, 3.8) is 0 Å². The van der Waals surface area contributed by atoms with Crippen molar-refractivity contribution in [1.82, 2.24) is 20.1 Å². The molecule has 7 nitrogen and oxygen atoms in total. The van der Waals surface area contributed by atoms with E-state index in [0.717, 1.165) is 0 Å². The standard InChI is InChI=1S/C25H23Cl2N5O2S/c1-16-7-3-4-8-17(16)15-35-25-31-30-23(32(25)21-12-11-18(26)13-19(21)27)14-28-24(33)29-20-9-5-6-10-22(20)34-2/h3-13H,14-15H2,1-2H3,(H2,28,29,33). The van der Waals surface area contributed by atoms with Crippen LogP contribution in [-0.2, 0) is 12.3 Å². The van der Waals surface area contributed by atoms with Gasteiger partial charge in [0.15, 0.2) is 11.0 Å². The molecular weight excluding hydrogens is 505 g/mol. The topological polar surface area (TPSA) is 81.1 Å². The number of urea groups is 1. The quantitative estimate of drug-likeness (QED) is 0.255. The summed E-state index contributed by atoms with van der Waals surface area (Å²) in [7, 11) is 1.55. The van der Waals surface area contributed by atoms with Gasteiger partial charge in [-0.15, -0.1) is 10.2 Å². The molecule has 0 radical (unpaired) electrons. The Labute approximate surface area is 217 Å². The predicted molar refractivity (Wildman–Crippen MR) is 141 cm³/mol. The number of hydrogen-bond acceptors (Lipinski definition) is 5. The van der Waals surface area contributed by atoms with Gasteiger partial charge < -0.3 is 15.4 Å². The number of rotatable bonds is 8. The molecular formula is C25H23Cl2N5O2S. The first-order valence-electron chi connectivity index (χ1n) is 10.7. The lowest BCUT2D eigenvalue weighted by Gasteiger charge is -2.14. The molecule has 0 bridgehead atoms. The van der Waals surface area contributed by atoms with Crippen LogP contribution in [-0.4, -0.2) is 27.9 Å². The van der Waals surface area contributed by atoms with Gasteiger partial charge in [-0.2, -0.15) is 0 Å². The van der Waals surface area contributed by atoms with E-state index < -0.39 is 6.03 Å². The van der Waals surface area contributed by atoms with Gasteiger partial charge in [0.1, 0.15) is 5.75 Å². The number of carbonyl (C=O) groups is 1. The van der Waals surface area contributed by atoms with Crippen molar-refractivity contribution >= 4 is 46.7 Å². The zero-order chi connectivity index (χ0) is 24.8. The van der Waals surface area contributed by atoms with Crippen LogP contribution in [0.3, 0.4) is 0 Å². The van der Waals surface area contributed by atoms with E-state index in [1.165, 1.54) is 22.9 Å². The van der Waals surface area contributed by atoms with E-state index in [9.17, 15) is 4.79 Å². The van der Waals surface area contributed by atoms with Gasteiger partial charge in [0.25, 0.3) is 0 Å². The maximum absolute atomic E-state index is 12.6. The normalized spacial score (nSPS) is 10.7. The highest BCUT2D eigenvalue weighted by atomic mass is 35.5. The highest BCUT2D eigenvalue weighted by Crippen LogP contribution is 2.31. The van der Waals surface area contributed by atoms with Crippen LogP contribution in [0.2, 0.25) is 10.0 Å². The second-order valence-electron chi connectivity index (χ2n) is 7.55. The third kappa shape index (κ3) is 6.08. The van der Waals surface area contributed by atoms with Crippen molar-refractivity contribution in [2.75, 3.05) is 12.4 Å². The summed E-state index contributed by atoms with van der Waals surface area (Å²) in [6.45, 7) is 2.20. The minimum absolute atomic E-state index is 0.123. The lowest BCUT2D eigenvalue weighted by Crippen LogP contribution is -2.29. The number of halogens is 2. The Hall–Kier alpha value is -3.20. The Morgan fingerprint density at radius 3 is 2.60 bits per heavy atom. The average Bonchev–Trinajstić information content (AvgIpc) is 3.25. The van der Waals surface area contributed by atoms with E-state index in [2.05, 4.69) is 39.9 Å². The summed E-state index contributed by atoms with van der Waals surface area (Å²) < 4.78 is 7.12. The van der Waals surface area contributed by atoms with Gasteiger partial charge in [-0.25, -0.2) is 4.79 Å². The van der Waals surface area contributed by atoms with Crippen LogP contribution >= 0.6 is 35.0 Å². The zero-order valence-electron chi connectivity index (χ0n) is 19.1. The van der Waals surface area contributed by atoms with Crippen molar-refractivity contribution in [2.24, 2.45) is 0 Å². The summed E-state index contributed by atoms with van der Waals surface area (Å²) in [5, 5.41) is 16.0. The molecule has 4 rings (SSSR count). The Balaban J connectivity index is 1.56. The molecule has 0 aliphatic rings. The first-order chi connectivity index (χ1) is 17.0. The smallest absolute Gasteiger partial charge is 0.319 e. The van der Waals surface area contributed by atoms with E-state index in [1.54, 1.807) is 31.4 Å². The summed E-state index contributed by atoms with van der Waals surface area (Å²) in [5.74, 6) is 1.79.